The molecule has 17 heteroatoms. The van der Waals surface area contributed by atoms with Crippen LogP contribution in [0.1, 0.15) is 62.3 Å². The van der Waals surface area contributed by atoms with Crippen LogP contribution in [0.15, 0.2) is 85.5 Å². The predicted molar refractivity (Wildman–Crippen MR) is 216 cm³/mol. The Balaban J connectivity index is 0.766. The average molecular weight is 798 g/mol. The number of hydrogen-bond donors (Lipinski definition) is 3. The number of benzene rings is 3. The van der Waals surface area contributed by atoms with Gasteiger partial charge < -0.3 is 21.3 Å². The molecular weight excluding hydrogens is 755 g/mol. The summed E-state index contributed by atoms with van der Waals surface area (Å²) in [7, 11) is 0. The van der Waals surface area contributed by atoms with Crippen LogP contribution in [0.3, 0.4) is 0 Å². The molecule has 5 heterocycles. The van der Waals surface area contributed by atoms with Gasteiger partial charge in [-0.2, -0.15) is 5.10 Å². The number of nitrogen functional groups attached to an aromatic ring is 1. The van der Waals surface area contributed by atoms with Crippen molar-refractivity contribution in [3.05, 3.63) is 108 Å². The molecule has 3 aromatic carbocycles. The fourth-order valence-electron chi connectivity index (χ4n) is 7.80. The fraction of sp³-hybridized carbons (Fsp3) is 0.310. The van der Waals surface area contributed by atoms with Crippen LogP contribution < -0.4 is 21.3 Å². The molecule has 2 saturated heterocycles. The molecule has 302 valence electrons. The van der Waals surface area contributed by atoms with Gasteiger partial charge in [0.15, 0.2) is 0 Å². The Hall–Kier alpha value is -7.01. The van der Waals surface area contributed by atoms with E-state index >= 15 is 0 Å². The number of anilines is 2. The Bertz CT molecular complexity index is 2450. The largest absolute Gasteiger partial charge is 0.398 e. The minimum Gasteiger partial charge on any atom is -0.398 e. The van der Waals surface area contributed by atoms with Gasteiger partial charge in [-0.05, 0) is 61.7 Å². The number of para-hydroxylation sites is 1. The van der Waals surface area contributed by atoms with E-state index in [-0.39, 0.29) is 42.1 Å². The number of carbonyl (C=O) groups is 6. The third kappa shape index (κ3) is 8.09. The number of likely N-dealkylation sites (tertiary alicyclic amines) is 1. The molecule has 17 nitrogen and oxygen atoms in total. The van der Waals surface area contributed by atoms with Crippen molar-refractivity contribution >= 4 is 57.9 Å². The zero-order chi connectivity index (χ0) is 41.0. The maximum absolute atomic E-state index is 13.3. The number of fused-ring (bicyclic) bond motifs is 2. The highest BCUT2D eigenvalue weighted by Gasteiger charge is 2.48. The van der Waals surface area contributed by atoms with E-state index in [9.17, 15) is 28.8 Å². The van der Waals surface area contributed by atoms with Crippen LogP contribution in [-0.2, 0) is 20.9 Å². The molecule has 0 saturated carbocycles. The molecule has 3 aliphatic rings. The lowest BCUT2D eigenvalue weighted by Crippen LogP contribution is -2.57. The van der Waals surface area contributed by atoms with Crippen molar-refractivity contribution in [3.63, 3.8) is 0 Å². The highest BCUT2D eigenvalue weighted by molar-refractivity contribution is 6.25. The molecule has 0 bridgehead atoms. The van der Waals surface area contributed by atoms with Crippen LogP contribution in [0.2, 0.25) is 0 Å². The monoisotopic (exact) mass is 797 g/mol. The highest BCUT2D eigenvalue weighted by Crippen LogP contribution is 2.32. The Kier molecular flexibility index (Phi) is 11.1. The van der Waals surface area contributed by atoms with E-state index in [1.165, 1.54) is 18.5 Å². The number of imide groups is 2. The number of nitrogens with one attached hydrogen (secondary N) is 2. The van der Waals surface area contributed by atoms with Crippen molar-refractivity contribution in [1.29, 1.82) is 0 Å². The summed E-state index contributed by atoms with van der Waals surface area (Å²) in [4.78, 5) is 93.2. The normalized spacial score (nSPS) is 17.2. The minimum atomic E-state index is -1.22. The molecule has 5 aromatic rings. The Morgan fingerprint density at radius 2 is 1.63 bits per heavy atom. The molecule has 0 radical (unpaired) electrons. The second kappa shape index (κ2) is 16.8. The van der Waals surface area contributed by atoms with Crippen molar-refractivity contribution in [2.24, 2.45) is 0 Å². The standard InChI is InChI=1S/C42H43N11O6/c43-32-10-6-9-31-37(32)42(59)53(40(31)57)34-13-14-36(55)51(41(34)58)25-35(54)44-15-4-5-16-45-39(56)28-11-12-30-33(21-28)46-26-47-38(30)50-19-17-49(18-20-50)23-27-22-48-52(24-27)29-7-2-1-3-8-29/h1-3,6-12,21-22,24,26,34H,4-5,13-20,23,25,43H2,(H,44,54)(H,45,56). The summed E-state index contributed by atoms with van der Waals surface area (Å²) in [5.41, 5.74) is 9.50. The smallest absolute Gasteiger partial charge is 0.264 e. The molecule has 6 amide bonds. The van der Waals surface area contributed by atoms with Crippen LogP contribution >= 0.6 is 0 Å². The van der Waals surface area contributed by atoms with Crippen LogP contribution in [0, 0.1) is 0 Å². The van der Waals surface area contributed by atoms with Gasteiger partial charge in [-0.15, -0.1) is 0 Å². The quantitative estimate of drug-likeness (QED) is 0.0890. The summed E-state index contributed by atoms with van der Waals surface area (Å²) in [6.45, 7) is 4.19. The number of piperidine rings is 1. The van der Waals surface area contributed by atoms with Crippen LogP contribution in [0.25, 0.3) is 16.6 Å². The molecule has 3 aliphatic heterocycles. The van der Waals surface area contributed by atoms with E-state index < -0.39 is 42.1 Å². The second-order valence-corrected chi connectivity index (χ2v) is 14.8. The number of rotatable bonds is 13. The Morgan fingerprint density at radius 1 is 0.847 bits per heavy atom. The van der Waals surface area contributed by atoms with Gasteiger partial charge in [0.25, 0.3) is 23.6 Å². The van der Waals surface area contributed by atoms with Gasteiger partial charge in [0.2, 0.25) is 11.8 Å². The molecule has 2 fully saturated rings. The van der Waals surface area contributed by atoms with Crippen molar-refractivity contribution in [1.82, 2.24) is 45.1 Å². The van der Waals surface area contributed by atoms with Crippen molar-refractivity contribution in [3.8, 4) is 5.69 Å². The maximum Gasteiger partial charge on any atom is 0.264 e. The van der Waals surface area contributed by atoms with E-state index in [2.05, 4.69) is 41.7 Å². The molecule has 4 N–H and O–H groups in total. The summed E-state index contributed by atoms with van der Waals surface area (Å²) >= 11 is 0. The number of aromatic nitrogens is 4. The number of nitrogens with zero attached hydrogens (tertiary/aromatic N) is 8. The minimum absolute atomic E-state index is 0.0329. The molecule has 59 heavy (non-hydrogen) atoms. The van der Waals surface area contributed by atoms with Crippen molar-refractivity contribution in [2.75, 3.05) is 56.4 Å². The number of unbranched alkanes of at least 4 members (excludes halogenated alkanes) is 1. The zero-order valence-electron chi connectivity index (χ0n) is 32.3. The number of piperazine rings is 1. The lowest BCUT2D eigenvalue weighted by Gasteiger charge is -2.35. The third-order valence-corrected chi connectivity index (χ3v) is 10.9. The first-order valence-electron chi connectivity index (χ1n) is 19.6. The van der Waals surface area contributed by atoms with Gasteiger partial charge in [-0.3, -0.25) is 43.5 Å². The van der Waals surface area contributed by atoms with Crippen LogP contribution in [-0.4, -0.2) is 122 Å². The van der Waals surface area contributed by atoms with Gasteiger partial charge in [0.1, 0.15) is 24.7 Å². The SMILES string of the molecule is Nc1cccc2c1C(=O)N(C1CCC(=O)N(CC(=O)NCCCCNC(=O)c3ccc4c(N5CCN(Cc6cnn(-c7ccccc7)c6)CC5)ncnc4c3)C1=O)C2=O. The van der Waals surface area contributed by atoms with E-state index in [0.717, 1.165) is 65.0 Å². The van der Waals surface area contributed by atoms with Crippen molar-refractivity contribution in [2.45, 2.75) is 38.3 Å². The van der Waals surface area contributed by atoms with Gasteiger partial charge >= 0.3 is 0 Å². The first-order chi connectivity index (χ1) is 28.7. The molecule has 0 aliphatic carbocycles. The van der Waals surface area contributed by atoms with E-state index in [4.69, 9.17) is 5.73 Å². The highest BCUT2D eigenvalue weighted by atomic mass is 16.2. The zero-order valence-corrected chi connectivity index (χ0v) is 32.3. The predicted octanol–water partition coefficient (Wildman–Crippen LogP) is 2.16. The van der Waals surface area contributed by atoms with Gasteiger partial charge in [0, 0.05) is 80.6 Å². The molecule has 1 unspecified atom stereocenters. The van der Waals surface area contributed by atoms with E-state index in [1.54, 1.807) is 18.2 Å². The van der Waals surface area contributed by atoms with E-state index in [1.807, 2.05) is 47.3 Å². The van der Waals surface area contributed by atoms with Gasteiger partial charge in [-0.25, -0.2) is 14.6 Å². The topological polar surface area (TPSA) is 209 Å². The maximum atomic E-state index is 13.3. The first-order valence-corrected chi connectivity index (χ1v) is 19.6. The number of carbonyl (C=O) groups excluding carboxylic acids is 6. The van der Waals surface area contributed by atoms with Crippen molar-refractivity contribution < 1.29 is 28.8 Å². The number of hydrogen-bond acceptors (Lipinski definition) is 12. The number of nitrogens with two attached hydrogens (primary N) is 1. The summed E-state index contributed by atoms with van der Waals surface area (Å²) in [5.74, 6) is -2.68. The lowest BCUT2D eigenvalue weighted by molar-refractivity contribution is -0.154. The first kappa shape index (κ1) is 38.8. The molecule has 0 spiro atoms. The van der Waals surface area contributed by atoms with Gasteiger partial charge in [-0.1, -0.05) is 24.3 Å². The second-order valence-electron chi connectivity index (χ2n) is 14.8. The summed E-state index contributed by atoms with van der Waals surface area (Å²) < 4.78 is 1.89. The van der Waals surface area contributed by atoms with E-state index in [0.29, 0.717) is 30.5 Å². The molecule has 2 aromatic heterocycles. The Labute approximate surface area is 339 Å². The van der Waals surface area contributed by atoms with Crippen LogP contribution in [0.5, 0.6) is 0 Å². The third-order valence-electron chi connectivity index (χ3n) is 10.9. The molecule has 1 atom stereocenters. The fourth-order valence-corrected chi connectivity index (χ4v) is 7.80. The molecular formula is C42H43N11O6. The molecule has 8 rings (SSSR count). The lowest BCUT2D eigenvalue weighted by atomic mass is 10.0. The summed E-state index contributed by atoms with van der Waals surface area (Å²) in [6.07, 6.45) is 6.44. The summed E-state index contributed by atoms with van der Waals surface area (Å²) in [5, 5.41) is 11.0. The number of amides is 6. The summed E-state index contributed by atoms with van der Waals surface area (Å²) in [6, 6.07) is 18.7. The average Bonchev–Trinajstić information content (AvgIpc) is 3.82. The Morgan fingerprint density at radius 3 is 2.41 bits per heavy atom. The van der Waals surface area contributed by atoms with Crippen LogP contribution in [0.4, 0.5) is 11.5 Å². The van der Waals surface area contributed by atoms with Gasteiger partial charge in [0.05, 0.1) is 28.5 Å².